The first-order valence-corrected chi connectivity index (χ1v) is 13.0. The third kappa shape index (κ3) is 7.85. The lowest BCUT2D eigenvalue weighted by Crippen LogP contribution is -2.30. The van der Waals surface area contributed by atoms with Crippen LogP contribution in [-0.4, -0.2) is 18.4 Å². The van der Waals surface area contributed by atoms with Gasteiger partial charge in [-0.1, -0.05) is 66.7 Å². The van der Waals surface area contributed by atoms with Crippen LogP contribution in [0.5, 0.6) is 5.75 Å². The van der Waals surface area contributed by atoms with Crippen molar-refractivity contribution < 1.29 is 14.3 Å². The summed E-state index contributed by atoms with van der Waals surface area (Å²) in [6, 6.07) is 34.0. The lowest BCUT2D eigenvalue weighted by Gasteiger charge is -2.12. The molecule has 37 heavy (non-hydrogen) atoms. The maximum absolute atomic E-state index is 13.3. The van der Waals surface area contributed by atoms with E-state index in [0.717, 1.165) is 22.0 Å². The van der Waals surface area contributed by atoms with E-state index in [4.69, 9.17) is 4.74 Å². The molecule has 0 saturated carbocycles. The molecule has 0 aliphatic heterocycles. The van der Waals surface area contributed by atoms with E-state index in [9.17, 15) is 9.59 Å². The second kappa shape index (κ2) is 13.1. The average Bonchev–Trinajstić information content (AvgIpc) is 2.94. The molecule has 5 nitrogen and oxygen atoms in total. The van der Waals surface area contributed by atoms with E-state index < -0.39 is 5.91 Å². The van der Waals surface area contributed by atoms with Gasteiger partial charge in [0.1, 0.15) is 11.4 Å². The molecule has 0 radical (unpaired) electrons. The standard InChI is InChI=1S/C31H28N2O3S/c1-2-36-27-18-16-23(17-19-27)20-29(33-30(34)25-12-7-4-8-13-25)31(35)32-26-14-9-15-28(21-26)37-22-24-10-5-3-6-11-24/h3-21H,2,22H2,1H3,(H,32,35)(H,33,34)/b29-20+. The van der Waals surface area contributed by atoms with Crippen molar-refractivity contribution in [3.05, 3.63) is 132 Å². The van der Waals surface area contributed by atoms with Crippen molar-refractivity contribution in [1.82, 2.24) is 5.32 Å². The van der Waals surface area contributed by atoms with Gasteiger partial charge in [-0.3, -0.25) is 9.59 Å². The molecule has 4 aromatic carbocycles. The molecule has 2 N–H and O–H groups in total. The second-order valence-corrected chi connectivity index (χ2v) is 9.19. The Labute approximate surface area is 221 Å². The van der Waals surface area contributed by atoms with Crippen molar-refractivity contribution in [2.75, 3.05) is 11.9 Å². The number of carbonyl (C=O) groups excluding carboxylic acids is 2. The first kappa shape index (κ1) is 25.8. The Morgan fingerprint density at radius 2 is 1.54 bits per heavy atom. The fourth-order valence-corrected chi connectivity index (χ4v) is 4.45. The molecule has 2 amide bonds. The van der Waals surface area contributed by atoms with Gasteiger partial charge in [-0.2, -0.15) is 0 Å². The fourth-order valence-electron chi connectivity index (χ4n) is 3.54. The smallest absolute Gasteiger partial charge is 0.272 e. The predicted octanol–water partition coefficient (Wildman–Crippen LogP) is 6.79. The van der Waals surface area contributed by atoms with E-state index in [-0.39, 0.29) is 11.6 Å². The van der Waals surface area contributed by atoms with Crippen molar-refractivity contribution in [2.45, 2.75) is 17.6 Å². The van der Waals surface area contributed by atoms with Gasteiger partial charge in [0, 0.05) is 21.9 Å². The summed E-state index contributed by atoms with van der Waals surface area (Å²) in [4.78, 5) is 27.2. The molecule has 0 spiro atoms. The lowest BCUT2D eigenvalue weighted by atomic mass is 10.1. The summed E-state index contributed by atoms with van der Waals surface area (Å²) in [6.07, 6.45) is 1.65. The second-order valence-electron chi connectivity index (χ2n) is 8.14. The van der Waals surface area contributed by atoms with Gasteiger partial charge in [0.05, 0.1) is 6.61 Å². The molecule has 6 heteroatoms. The third-order valence-electron chi connectivity index (χ3n) is 5.37. The van der Waals surface area contributed by atoms with E-state index in [2.05, 4.69) is 22.8 Å². The zero-order chi connectivity index (χ0) is 25.9. The molecule has 0 saturated heterocycles. The number of ether oxygens (including phenoxy) is 1. The Hall–Kier alpha value is -4.29. The van der Waals surface area contributed by atoms with Gasteiger partial charge in [-0.05, 0) is 66.6 Å². The Bertz CT molecular complexity index is 1350. The Morgan fingerprint density at radius 1 is 0.838 bits per heavy atom. The van der Waals surface area contributed by atoms with E-state index in [1.54, 1.807) is 42.1 Å². The number of hydrogen-bond donors (Lipinski definition) is 2. The number of thioether (sulfide) groups is 1. The van der Waals surface area contributed by atoms with Crippen LogP contribution in [0.4, 0.5) is 5.69 Å². The molecular weight excluding hydrogens is 480 g/mol. The molecule has 4 aromatic rings. The summed E-state index contributed by atoms with van der Waals surface area (Å²) in [5.41, 5.74) is 3.24. The molecule has 0 fully saturated rings. The van der Waals surface area contributed by atoms with Crippen LogP contribution in [0.1, 0.15) is 28.4 Å². The highest BCUT2D eigenvalue weighted by atomic mass is 32.2. The monoisotopic (exact) mass is 508 g/mol. The highest BCUT2D eigenvalue weighted by Crippen LogP contribution is 2.25. The number of amides is 2. The van der Waals surface area contributed by atoms with Crippen molar-refractivity contribution in [3.63, 3.8) is 0 Å². The molecule has 0 aromatic heterocycles. The maximum Gasteiger partial charge on any atom is 0.272 e. The van der Waals surface area contributed by atoms with E-state index in [0.29, 0.717) is 17.9 Å². The number of carbonyl (C=O) groups is 2. The molecule has 0 heterocycles. The van der Waals surface area contributed by atoms with Crippen molar-refractivity contribution in [2.24, 2.45) is 0 Å². The first-order chi connectivity index (χ1) is 18.1. The highest BCUT2D eigenvalue weighted by molar-refractivity contribution is 7.98. The summed E-state index contributed by atoms with van der Waals surface area (Å²) >= 11 is 1.69. The minimum Gasteiger partial charge on any atom is -0.494 e. The average molecular weight is 509 g/mol. The Kier molecular flexibility index (Phi) is 9.16. The summed E-state index contributed by atoms with van der Waals surface area (Å²) in [5.74, 6) is 0.793. The van der Waals surface area contributed by atoms with Crippen LogP contribution < -0.4 is 15.4 Å². The maximum atomic E-state index is 13.3. The molecule has 0 bridgehead atoms. The van der Waals surface area contributed by atoms with Crippen LogP contribution in [0.3, 0.4) is 0 Å². The molecule has 4 rings (SSSR count). The minimum absolute atomic E-state index is 0.139. The zero-order valence-corrected chi connectivity index (χ0v) is 21.3. The molecule has 0 aliphatic rings. The van der Waals surface area contributed by atoms with Gasteiger partial charge >= 0.3 is 0 Å². The molecule has 186 valence electrons. The van der Waals surface area contributed by atoms with Crippen LogP contribution in [0.2, 0.25) is 0 Å². The molecule has 0 atom stereocenters. The minimum atomic E-state index is -0.414. The lowest BCUT2D eigenvalue weighted by molar-refractivity contribution is -0.113. The van der Waals surface area contributed by atoms with Crippen molar-refractivity contribution in [3.8, 4) is 5.75 Å². The van der Waals surface area contributed by atoms with Crippen molar-refractivity contribution >= 4 is 35.3 Å². The van der Waals surface area contributed by atoms with E-state index in [1.165, 1.54) is 5.56 Å². The molecule has 0 unspecified atom stereocenters. The van der Waals surface area contributed by atoms with Gasteiger partial charge in [-0.15, -0.1) is 11.8 Å². The summed E-state index contributed by atoms with van der Waals surface area (Å²) < 4.78 is 5.50. The number of anilines is 1. The number of benzene rings is 4. The van der Waals surface area contributed by atoms with Crippen LogP contribution >= 0.6 is 11.8 Å². The number of hydrogen-bond acceptors (Lipinski definition) is 4. The Balaban J connectivity index is 1.52. The topological polar surface area (TPSA) is 67.4 Å². The fraction of sp³-hybridized carbons (Fsp3) is 0.0968. The normalized spacial score (nSPS) is 11.0. The molecular formula is C31H28N2O3S. The largest absolute Gasteiger partial charge is 0.494 e. The highest BCUT2D eigenvalue weighted by Gasteiger charge is 2.15. The van der Waals surface area contributed by atoms with Gasteiger partial charge in [-0.25, -0.2) is 0 Å². The van der Waals surface area contributed by atoms with Crippen LogP contribution in [0.25, 0.3) is 6.08 Å². The zero-order valence-electron chi connectivity index (χ0n) is 20.5. The van der Waals surface area contributed by atoms with Crippen LogP contribution in [-0.2, 0) is 10.5 Å². The SMILES string of the molecule is CCOc1ccc(/C=C(/NC(=O)c2ccccc2)C(=O)Nc2cccc(SCc3ccccc3)c2)cc1. The predicted molar refractivity (Wildman–Crippen MR) is 151 cm³/mol. The number of nitrogens with one attached hydrogen (secondary N) is 2. The summed E-state index contributed by atoms with van der Waals surface area (Å²) in [5, 5.41) is 5.71. The van der Waals surface area contributed by atoms with Gasteiger partial charge < -0.3 is 15.4 Å². The van der Waals surface area contributed by atoms with E-state index in [1.807, 2.05) is 79.7 Å². The third-order valence-corrected chi connectivity index (χ3v) is 6.44. The quantitative estimate of drug-likeness (QED) is 0.183. The van der Waals surface area contributed by atoms with Gasteiger partial charge in [0.15, 0.2) is 0 Å². The van der Waals surface area contributed by atoms with Crippen LogP contribution in [0, 0.1) is 0 Å². The van der Waals surface area contributed by atoms with Gasteiger partial charge in [0.2, 0.25) is 0 Å². The van der Waals surface area contributed by atoms with Crippen molar-refractivity contribution in [1.29, 1.82) is 0 Å². The molecule has 0 aliphatic carbocycles. The first-order valence-electron chi connectivity index (χ1n) is 12.0. The van der Waals surface area contributed by atoms with E-state index >= 15 is 0 Å². The van der Waals surface area contributed by atoms with Gasteiger partial charge in [0.25, 0.3) is 11.8 Å². The van der Waals surface area contributed by atoms with Crippen LogP contribution in [0.15, 0.2) is 120 Å². The number of rotatable bonds is 10. The summed E-state index contributed by atoms with van der Waals surface area (Å²) in [6.45, 7) is 2.49. The summed E-state index contributed by atoms with van der Waals surface area (Å²) in [7, 11) is 0. The Morgan fingerprint density at radius 3 is 2.24 bits per heavy atom.